The average Bonchev–Trinajstić information content (AvgIpc) is 1.61. The van der Waals surface area contributed by atoms with Gasteiger partial charge in [-0.25, -0.2) is 68.2 Å². The first-order chi connectivity index (χ1) is 67.5. The second kappa shape index (κ2) is 40.6. The van der Waals surface area contributed by atoms with Crippen molar-refractivity contribution in [2.75, 3.05) is 91.2 Å². The Balaban J connectivity index is 0.000000119. The number of likely N-dealkylation sites (tertiary alicyclic amines) is 2. The van der Waals surface area contributed by atoms with Gasteiger partial charge in [0.25, 0.3) is 18.0 Å². The molecular formula is C99H115BI2N30O9. The van der Waals surface area contributed by atoms with Gasteiger partial charge in [-0.05, 0) is 314 Å². The number of hydrogen-bond acceptors (Lipinski definition) is 33. The standard InChI is InChI=1S/C28H30N8O3.C25H26N8O.C21H25BN2O3.C15H21IN6O2.C10H13IN6/c1-28(2,3)39-27(37)35-14-12-19(13-15-35)36-25-22(24(29)30-16-31-25)23(34-36)17-8-10-18(11-9-17)32-26-33-20-6-4-5-7-21(20)38-26;1-14-11-15(2)22-19(12-14)31-25(34-22)30-17-5-3-16(4-6-17)21-20-23(26)28-13-29-24(20)33(32-21)18-7-9-27-10-8-18;1-13-11-17-18(12-14(13)2)25-19(24-17)23-16-9-7-15(8-10-16)22-26-20(3,4)21(5,6)27-22;1-15(2,3)24-14(23)21-6-4-9(5-7-21)22-13-10(11(16)20-22)12(17)18-8-19-13;11-8-7-9(12)14-5-15-10(7)17(16-8)6-1-3-13-4-2-6/h4-11,16,19H,12-15H2,1-3H3,(H,32,33)(H2,29,30,31);3-6,11-13,18,27H,7-10H2,1-2H3,(H,30,31)(H2,26,28,29);7-12H,1-6H3,(H,23,24);8-9H,4-7H2,1-3H3,(H2,17,18,19);5-6,13H,1-4H2,(H2,12,14,15). The number of anilines is 10. The molecule has 5 saturated heterocycles. The molecule has 5 aliphatic heterocycles. The van der Waals surface area contributed by atoms with Crippen LogP contribution in [0, 0.1) is 35.1 Å². The predicted octanol–water partition coefficient (Wildman–Crippen LogP) is 18.0. The highest BCUT2D eigenvalue weighted by atomic mass is 127. The molecule has 16 heterocycles. The summed E-state index contributed by atoms with van der Waals surface area (Å²) >= 11 is 4.35. The molecule has 17 aromatic rings. The number of carbonyl (C=O) groups is 2. The van der Waals surface area contributed by atoms with E-state index in [0.29, 0.717) is 96.3 Å². The maximum absolute atomic E-state index is 12.5. The van der Waals surface area contributed by atoms with Gasteiger partial charge in [0, 0.05) is 54.4 Å². The molecule has 0 unspecified atom stereocenters. The normalized spacial score (nSPS) is 16.1. The van der Waals surface area contributed by atoms with Gasteiger partial charge in [-0.3, -0.25) is 0 Å². The molecule has 22 rings (SSSR count). The van der Waals surface area contributed by atoms with Gasteiger partial charge in [0.05, 0.1) is 56.9 Å². The number of nitrogen functional groups attached to an aromatic ring is 4. The molecule has 42 heteroatoms. The maximum atomic E-state index is 12.5. The second-order valence-corrected chi connectivity index (χ2v) is 40.9. The molecule has 39 nitrogen and oxygen atoms in total. The first-order valence-corrected chi connectivity index (χ1v) is 49.4. The molecule has 13 N–H and O–H groups in total. The van der Waals surface area contributed by atoms with E-state index >= 15 is 0 Å². The van der Waals surface area contributed by atoms with Crippen molar-refractivity contribution in [2.24, 2.45) is 0 Å². The van der Waals surface area contributed by atoms with E-state index in [1.807, 2.05) is 182 Å². The lowest BCUT2D eigenvalue weighted by Gasteiger charge is -2.33. The van der Waals surface area contributed by atoms with Crippen LogP contribution in [0.3, 0.4) is 0 Å². The number of carbonyl (C=O) groups excluding carboxylic acids is 2. The summed E-state index contributed by atoms with van der Waals surface area (Å²) in [5.41, 5.74) is 42.2. The van der Waals surface area contributed by atoms with Crippen LogP contribution in [0.15, 0.2) is 160 Å². The number of rotatable bonds is 13. The molecule has 0 radical (unpaired) electrons. The van der Waals surface area contributed by atoms with E-state index in [1.165, 1.54) is 36.4 Å². The smallest absolute Gasteiger partial charge is 0.444 e. The molecule has 0 spiro atoms. The number of oxazole rings is 3. The molecule has 5 aliphatic rings. The summed E-state index contributed by atoms with van der Waals surface area (Å²) < 4.78 is 50.3. The van der Waals surface area contributed by atoms with E-state index in [1.54, 1.807) is 9.80 Å². The Morgan fingerprint density at radius 3 is 1.23 bits per heavy atom. The molecule has 5 fully saturated rings. The van der Waals surface area contributed by atoms with E-state index < -0.39 is 11.2 Å². The third-order valence-electron chi connectivity index (χ3n) is 25.8. The fourth-order valence-electron chi connectivity index (χ4n) is 17.7. The van der Waals surface area contributed by atoms with Gasteiger partial charge >= 0.3 is 19.3 Å². The topological polar surface area (TPSA) is 494 Å². The van der Waals surface area contributed by atoms with Crippen molar-refractivity contribution in [3.63, 3.8) is 0 Å². The third-order valence-corrected chi connectivity index (χ3v) is 27.4. The van der Waals surface area contributed by atoms with Crippen LogP contribution in [0.4, 0.5) is 68.0 Å². The molecule has 0 bridgehead atoms. The summed E-state index contributed by atoms with van der Waals surface area (Å²) in [6.45, 7) is 34.1. The number of fused-ring (bicyclic) bond motifs is 7. The number of nitrogens with one attached hydrogen (secondary N) is 5. The van der Waals surface area contributed by atoms with Gasteiger partial charge in [-0.15, -0.1) is 0 Å². The van der Waals surface area contributed by atoms with Crippen LogP contribution in [-0.4, -0.2) is 198 Å². The average molecular weight is 2130 g/mol. The number of amides is 2. The number of aromatic nitrogens is 19. The van der Waals surface area contributed by atoms with Gasteiger partial charge in [0.1, 0.15) is 95.1 Å². The van der Waals surface area contributed by atoms with E-state index in [-0.39, 0.29) is 42.6 Å². The molecule has 0 atom stereocenters. The SMILES string of the molecule is CC(C)(C)OC(=O)N1CCC(n2nc(-c3ccc(Nc4nc5ccccc5o4)cc3)c3c(N)ncnc32)CC1.CC(C)(C)OC(=O)N1CCC(n2nc(I)c3c(N)ncnc32)CC1.Cc1cc(C)c2oc(Nc3ccc(-c4nn(C5CCNCC5)c5ncnc(N)c45)cc3)nc2c1.Cc1cc2nc(Nc3ccc(B4OC(C)(C)C(C)(C)O4)cc3)oc2cc1C.Nc1ncnc2c1c(I)nn2C1CCNCC1. The molecule has 2 amide bonds. The van der Waals surface area contributed by atoms with Crippen LogP contribution in [-0.2, 0) is 18.8 Å². The van der Waals surface area contributed by atoms with Crippen LogP contribution in [0.1, 0.15) is 167 Å². The Morgan fingerprint density at radius 2 is 0.794 bits per heavy atom. The second-order valence-electron chi connectivity index (χ2n) is 38.8. The van der Waals surface area contributed by atoms with E-state index in [0.717, 1.165) is 202 Å². The largest absolute Gasteiger partial charge is 0.494 e. The zero-order valence-electron chi connectivity index (χ0n) is 81.2. The number of halogens is 2. The summed E-state index contributed by atoms with van der Waals surface area (Å²) in [7, 11) is -0.362. The summed E-state index contributed by atoms with van der Waals surface area (Å²) in [6.07, 6.45) is 12.6. The number of hydrogen-bond donors (Lipinski definition) is 9. The molecule has 0 saturated carbocycles. The van der Waals surface area contributed by atoms with Crippen LogP contribution in [0.2, 0.25) is 0 Å². The van der Waals surface area contributed by atoms with Crippen molar-refractivity contribution in [1.82, 2.24) is 114 Å². The van der Waals surface area contributed by atoms with E-state index in [9.17, 15) is 9.59 Å². The van der Waals surface area contributed by atoms with E-state index in [4.69, 9.17) is 65.2 Å². The molecule has 6 aromatic carbocycles. The lowest BCUT2D eigenvalue weighted by molar-refractivity contribution is 0.00578. The number of aryl methyl sites for hydroxylation is 4. The molecule has 0 aliphatic carbocycles. The van der Waals surface area contributed by atoms with Crippen LogP contribution in [0.25, 0.3) is 99.9 Å². The van der Waals surface area contributed by atoms with Crippen molar-refractivity contribution in [3.8, 4) is 22.5 Å². The highest BCUT2D eigenvalue weighted by Crippen LogP contribution is 2.42. The summed E-state index contributed by atoms with van der Waals surface area (Å²) in [6, 6.07) is 41.9. The lowest BCUT2D eigenvalue weighted by atomic mass is 9.79. The van der Waals surface area contributed by atoms with Crippen LogP contribution >= 0.6 is 45.2 Å². The zero-order valence-corrected chi connectivity index (χ0v) is 85.5. The van der Waals surface area contributed by atoms with Crippen molar-refractivity contribution in [3.05, 3.63) is 176 Å². The molecular weight excluding hydrogens is 2020 g/mol. The lowest BCUT2D eigenvalue weighted by Crippen LogP contribution is -2.42. The first-order valence-electron chi connectivity index (χ1n) is 47.2. The quantitative estimate of drug-likeness (QED) is 0.0382. The van der Waals surface area contributed by atoms with E-state index in [2.05, 4.69) is 191 Å². The van der Waals surface area contributed by atoms with Gasteiger partial charge in [0.15, 0.2) is 39.3 Å². The van der Waals surface area contributed by atoms with Crippen molar-refractivity contribution in [1.29, 1.82) is 0 Å². The number of ether oxygens (including phenoxy) is 2. The fraction of sp³-hybridized carbons (Fsp3) is 0.384. The summed E-state index contributed by atoms with van der Waals surface area (Å²) in [4.78, 5) is 76.0. The fourth-order valence-corrected chi connectivity index (χ4v) is 19.2. The maximum Gasteiger partial charge on any atom is 0.494 e. The van der Waals surface area contributed by atoms with Gasteiger partial charge < -0.3 is 91.4 Å². The highest BCUT2D eigenvalue weighted by molar-refractivity contribution is 14.1. The molecule has 141 heavy (non-hydrogen) atoms. The first kappa shape index (κ1) is 97.7. The number of para-hydroxylation sites is 2. The Hall–Kier alpha value is -13.6. The number of nitrogens with zero attached hydrogens (tertiary/aromatic N) is 21. The van der Waals surface area contributed by atoms with Gasteiger partial charge in [0.2, 0.25) is 0 Å². The van der Waals surface area contributed by atoms with Gasteiger partial charge in [-0.1, -0.05) is 54.6 Å². The Bertz CT molecular complexity index is 7320. The molecule has 732 valence electrons. The number of benzene rings is 6. The minimum atomic E-state index is -0.525. The minimum absolute atomic E-state index is 0.0642. The highest BCUT2D eigenvalue weighted by Gasteiger charge is 2.52. The van der Waals surface area contributed by atoms with Crippen molar-refractivity contribution >= 4 is 206 Å². The Labute approximate surface area is 840 Å². The summed E-state index contributed by atoms with van der Waals surface area (Å²) in [5, 5.41) is 38.7. The molecule has 11 aromatic heterocycles. The summed E-state index contributed by atoms with van der Waals surface area (Å²) in [5.74, 6) is 1.78. The third kappa shape index (κ3) is 21.7. The predicted molar refractivity (Wildman–Crippen MR) is 563 cm³/mol. The Morgan fingerprint density at radius 1 is 0.426 bits per heavy atom. The number of nitrogens with two attached hydrogens (primary N) is 4. The number of piperidine rings is 4. The minimum Gasteiger partial charge on any atom is -0.444 e. The van der Waals surface area contributed by atoms with Crippen LogP contribution < -0.4 is 55.0 Å². The Kier molecular flexibility index (Phi) is 28.1. The van der Waals surface area contributed by atoms with Crippen molar-refractivity contribution in [2.45, 2.75) is 195 Å². The zero-order chi connectivity index (χ0) is 99.1. The van der Waals surface area contributed by atoms with Crippen LogP contribution in [0.5, 0.6) is 0 Å². The van der Waals surface area contributed by atoms with Crippen molar-refractivity contribution < 1.29 is 41.6 Å². The monoisotopic (exact) mass is 2130 g/mol. The van der Waals surface area contributed by atoms with Gasteiger partial charge in [-0.2, -0.15) is 35.3 Å².